The maximum Gasteiger partial charge on any atom is 0.328 e. The Balaban J connectivity index is 3.01. The molecule has 1 rings (SSSR count). The highest BCUT2D eigenvalue weighted by Crippen LogP contribution is 2.37. The number of ether oxygens (including phenoxy) is 2. The summed E-state index contributed by atoms with van der Waals surface area (Å²) in [6, 6.07) is 3.57. The SMILES string of the molecule is CCOc1cc(/C=C/C(=O)O)cc(Br)c1OCCSC. The zero-order chi connectivity index (χ0) is 15.0. The van der Waals surface area contributed by atoms with Gasteiger partial charge in [0.2, 0.25) is 0 Å². The summed E-state index contributed by atoms with van der Waals surface area (Å²) in [6.45, 7) is 2.99. The lowest BCUT2D eigenvalue weighted by Gasteiger charge is -2.14. The van der Waals surface area contributed by atoms with E-state index in [-0.39, 0.29) is 0 Å². The van der Waals surface area contributed by atoms with Crippen LogP contribution < -0.4 is 9.47 Å². The van der Waals surface area contributed by atoms with E-state index in [2.05, 4.69) is 15.9 Å². The van der Waals surface area contributed by atoms with Gasteiger partial charge in [-0.1, -0.05) is 0 Å². The molecule has 0 unspecified atom stereocenters. The Kier molecular flexibility index (Phi) is 7.54. The number of benzene rings is 1. The van der Waals surface area contributed by atoms with Crippen molar-refractivity contribution >= 4 is 39.7 Å². The molecule has 1 aromatic carbocycles. The van der Waals surface area contributed by atoms with Crippen molar-refractivity contribution < 1.29 is 19.4 Å². The second kappa shape index (κ2) is 8.92. The minimum atomic E-state index is -0.987. The summed E-state index contributed by atoms with van der Waals surface area (Å²) in [5.74, 6) is 1.15. The molecule has 1 aromatic rings. The Morgan fingerprint density at radius 1 is 1.45 bits per heavy atom. The molecular formula is C14H17BrO4S. The lowest BCUT2D eigenvalue weighted by molar-refractivity contribution is -0.131. The first-order chi connectivity index (χ1) is 9.58. The van der Waals surface area contributed by atoms with Crippen molar-refractivity contribution in [1.29, 1.82) is 0 Å². The van der Waals surface area contributed by atoms with Gasteiger partial charge in [-0.2, -0.15) is 11.8 Å². The van der Waals surface area contributed by atoms with E-state index in [0.29, 0.717) is 24.7 Å². The molecule has 0 heterocycles. The standard InChI is InChI=1S/C14H17BrO4S/c1-3-18-12-9-10(4-5-13(16)17)8-11(15)14(12)19-6-7-20-2/h4-5,8-9H,3,6-7H2,1-2H3,(H,16,17)/b5-4+. The van der Waals surface area contributed by atoms with Crippen LogP contribution in [0.3, 0.4) is 0 Å². The molecular weight excluding hydrogens is 344 g/mol. The molecule has 4 nitrogen and oxygen atoms in total. The lowest BCUT2D eigenvalue weighted by atomic mass is 10.2. The summed E-state index contributed by atoms with van der Waals surface area (Å²) < 4.78 is 12.0. The van der Waals surface area contributed by atoms with E-state index in [4.69, 9.17) is 14.6 Å². The van der Waals surface area contributed by atoms with E-state index in [1.54, 1.807) is 23.9 Å². The topological polar surface area (TPSA) is 55.8 Å². The highest BCUT2D eigenvalue weighted by molar-refractivity contribution is 9.10. The molecule has 0 aromatic heterocycles. The van der Waals surface area contributed by atoms with Crippen LogP contribution in [0.1, 0.15) is 12.5 Å². The van der Waals surface area contributed by atoms with Crippen molar-refractivity contribution in [3.05, 3.63) is 28.2 Å². The first kappa shape index (κ1) is 16.9. The van der Waals surface area contributed by atoms with Gasteiger partial charge in [-0.3, -0.25) is 0 Å². The van der Waals surface area contributed by atoms with E-state index in [1.165, 1.54) is 6.08 Å². The maximum atomic E-state index is 10.6. The normalized spacial score (nSPS) is 10.8. The van der Waals surface area contributed by atoms with Crippen LogP contribution in [0.5, 0.6) is 11.5 Å². The second-order valence-electron chi connectivity index (χ2n) is 3.78. The van der Waals surface area contributed by atoms with Crippen molar-refractivity contribution in [3.8, 4) is 11.5 Å². The Bertz CT molecular complexity index is 488. The van der Waals surface area contributed by atoms with Crippen LogP contribution in [0.2, 0.25) is 0 Å². The molecule has 0 spiro atoms. The number of carbonyl (C=O) groups is 1. The maximum absolute atomic E-state index is 10.6. The molecule has 0 saturated heterocycles. The molecule has 0 fully saturated rings. The first-order valence-electron chi connectivity index (χ1n) is 6.07. The van der Waals surface area contributed by atoms with Gasteiger partial charge in [0.05, 0.1) is 17.7 Å². The third-order valence-electron chi connectivity index (χ3n) is 2.28. The zero-order valence-corrected chi connectivity index (χ0v) is 13.8. The summed E-state index contributed by atoms with van der Waals surface area (Å²) in [5, 5.41) is 8.66. The van der Waals surface area contributed by atoms with Gasteiger partial charge in [-0.25, -0.2) is 4.79 Å². The van der Waals surface area contributed by atoms with Crippen LogP contribution in [0.15, 0.2) is 22.7 Å². The van der Waals surface area contributed by atoms with E-state index < -0.39 is 5.97 Å². The van der Waals surface area contributed by atoms with E-state index >= 15 is 0 Å². The average Bonchev–Trinajstić information content (AvgIpc) is 2.39. The Morgan fingerprint density at radius 2 is 2.20 bits per heavy atom. The molecule has 0 aliphatic heterocycles. The van der Waals surface area contributed by atoms with Gasteiger partial charge in [-0.15, -0.1) is 0 Å². The monoisotopic (exact) mass is 360 g/mol. The number of carboxylic acid groups (broad SMARTS) is 1. The van der Waals surface area contributed by atoms with Gasteiger partial charge in [0.25, 0.3) is 0 Å². The molecule has 110 valence electrons. The van der Waals surface area contributed by atoms with Crippen molar-refractivity contribution in [2.24, 2.45) is 0 Å². The zero-order valence-electron chi connectivity index (χ0n) is 11.4. The van der Waals surface area contributed by atoms with E-state index in [0.717, 1.165) is 21.9 Å². The number of hydrogen-bond acceptors (Lipinski definition) is 4. The van der Waals surface area contributed by atoms with Crippen LogP contribution in [-0.4, -0.2) is 36.3 Å². The van der Waals surface area contributed by atoms with Crippen molar-refractivity contribution in [1.82, 2.24) is 0 Å². The van der Waals surface area contributed by atoms with E-state index in [1.807, 2.05) is 13.2 Å². The fourth-order valence-corrected chi connectivity index (χ4v) is 2.31. The largest absolute Gasteiger partial charge is 0.490 e. The minimum absolute atomic E-state index is 0.511. The number of thioether (sulfide) groups is 1. The molecule has 0 atom stereocenters. The van der Waals surface area contributed by atoms with Crippen molar-refractivity contribution in [2.45, 2.75) is 6.92 Å². The summed E-state index contributed by atoms with van der Waals surface area (Å²) in [5.41, 5.74) is 0.736. The third kappa shape index (κ3) is 5.46. The molecule has 0 saturated carbocycles. The molecule has 1 N–H and O–H groups in total. The summed E-state index contributed by atoms with van der Waals surface area (Å²) >= 11 is 5.14. The third-order valence-corrected chi connectivity index (χ3v) is 3.45. The van der Waals surface area contributed by atoms with E-state index in [9.17, 15) is 4.79 Å². The number of halogens is 1. The van der Waals surface area contributed by atoms with Gasteiger partial charge in [0.15, 0.2) is 11.5 Å². The van der Waals surface area contributed by atoms with Gasteiger partial charge in [0.1, 0.15) is 0 Å². The minimum Gasteiger partial charge on any atom is -0.490 e. The molecule has 0 amide bonds. The first-order valence-corrected chi connectivity index (χ1v) is 8.26. The molecule has 6 heteroatoms. The molecule has 0 aliphatic carbocycles. The summed E-state index contributed by atoms with van der Waals surface area (Å²) in [6.07, 6.45) is 4.62. The Labute approximate surface area is 131 Å². The Hall–Kier alpha value is -1.14. The summed E-state index contributed by atoms with van der Waals surface area (Å²) in [7, 11) is 0. The second-order valence-corrected chi connectivity index (χ2v) is 5.62. The number of rotatable bonds is 8. The summed E-state index contributed by atoms with van der Waals surface area (Å²) in [4.78, 5) is 10.6. The smallest absolute Gasteiger partial charge is 0.328 e. The Morgan fingerprint density at radius 3 is 2.80 bits per heavy atom. The number of carboxylic acids is 1. The van der Waals surface area contributed by atoms with Crippen LogP contribution >= 0.6 is 27.7 Å². The molecule has 0 bridgehead atoms. The number of hydrogen-bond donors (Lipinski definition) is 1. The quantitative estimate of drug-likeness (QED) is 0.565. The van der Waals surface area contributed by atoms with Crippen molar-refractivity contribution in [3.63, 3.8) is 0 Å². The van der Waals surface area contributed by atoms with Gasteiger partial charge in [0, 0.05) is 11.8 Å². The lowest BCUT2D eigenvalue weighted by Crippen LogP contribution is -2.03. The highest BCUT2D eigenvalue weighted by atomic mass is 79.9. The highest BCUT2D eigenvalue weighted by Gasteiger charge is 2.11. The molecule has 0 radical (unpaired) electrons. The predicted molar refractivity (Wildman–Crippen MR) is 85.9 cm³/mol. The van der Waals surface area contributed by atoms with Crippen LogP contribution in [0.25, 0.3) is 6.08 Å². The predicted octanol–water partition coefficient (Wildman–Crippen LogP) is 3.69. The fourth-order valence-electron chi connectivity index (χ4n) is 1.48. The van der Waals surface area contributed by atoms with Gasteiger partial charge >= 0.3 is 5.97 Å². The fraction of sp³-hybridized carbons (Fsp3) is 0.357. The van der Waals surface area contributed by atoms with Crippen LogP contribution in [0, 0.1) is 0 Å². The van der Waals surface area contributed by atoms with Gasteiger partial charge < -0.3 is 14.6 Å². The molecule has 0 aliphatic rings. The van der Waals surface area contributed by atoms with Crippen molar-refractivity contribution in [2.75, 3.05) is 25.2 Å². The molecule has 20 heavy (non-hydrogen) atoms. The van der Waals surface area contributed by atoms with Crippen LogP contribution in [-0.2, 0) is 4.79 Å². The average molecular weight is 361 g/mol. The van der Waals surface area contributed by atoms with Crippen LogP contribution in [0.4, 0.5) is 0 Å². The number of aliphatic carboxylic acids is 1. The van der Waals surface area contributed by atoms with Gasteiger partial charge in [-0.05, 0) is 52.9 Å².